The molecule has 6 heteroatoms. The van der Waals surface area contributed by atoms with Gasteiger partial charge in [-0.1, -0.05) is 12.1 Å². The number of hydrogen-bond acceptors (Lipinski definition) is 5. The van der Waals surface area contributed by atoms with Gasteiger partial charge >= 0.3 is 5.97 Å². The first kappa shape index (κ1) is 13.1. The summed E-state index contributed by atoms with van der Waals surface area (Å²) in [6.07, 6.45) is -0.00326. The van der Waals surface area contributed by atoms with Crippen molar-refractivity contribution >= 4 is 11.7 Å². The van der Waals surface area contributed by atoms with Gasteiger partial charge in [0.1, 0.15) is 0 Å². The van der Waals surface area contributed by atoms with E-state index in [1.165, 1.54) is 13.2 Å². The first-order valence-electron chi connectivity index (χ1n) is 5.03. The number of nitrogens with zero attached hydrogens (tertiary/aromatic N) is 1. The van der Waals surface area contributed by atoms with Crippen molar-refractivity contribution in [2.24, 2.45) is 5.73 Å². The maximum atomic E-state index is 11.0. The average molecular weight is 238 g/mol. The minimum Gasteiger partial charge on any atom is -0.469 e. The van der Waals surface area contributed by atoms with Crippen LogP contribution in [0, 0.1) is 17.0 Å². The fourth-order valence-corrected chi connectivity index (χ4v) is 1.43. The third kappa shape index (κ3) is 3.25. The van der Waals surface area contributed by atoms with Crippen LogP contribution in [0.1, 0.15) is 23.6 Å². The second-order valence-corrected chi connectivity index (χ2v) is 3.69. The van der Waals surface area contributed by atoms with Gasteiger partial charge in [-0.15, -0.1) is 0 Å². The van der Waals surface area contributed by atoms with E-state index < -0.39 is 16.9 Å². The molecule has 0 aliphatic rings. The Bertz CT molecular complexity index is 445. The van der Waals surface area contributed by atoms with Gasteiger partial charge in [-0.2, -0.15) is 0 Å². The van der Waals surface area contributed by atoms with Gasteiger partial charge in [-0.25, -0.2) is 0 Å². The highest BCUT2D eigenvalue weighted by Gasteiger charge is 2.17. The molecule has 0 aliphatic carbocycles. The zero-order valence-electron chi connectivity index (χ0n) is 9.67. The van der Waals surface area contributed by atoms with E-state index >= 15 is 0 Å². The molecular formula is C11H14N2O4. The predicted molar refractivity (Wildman–Crippen MR) is 61.4 cm³/mol. The van der Waals surface area contributed by atoms with Gasteiger partial charge < -0.3 is 10.5 Å². The zero-order chi connectivity index (χ0) is 13.0. The van der Waals surface area contributed by atoms with Crippen molar-refractivity contribution in [1.29, 1.82) is 0 Å². The van der Waals surface area contributed by atoms with Crippen LogP contribution in [0.5, 0.6) is 0 Å². The van der Waals surface area contributed by atoms with E-state index in [-0.39, 0.29) is 12.1 Å². The summed E-state index contributed by atoms with van der Waals surface area (Å²) >= 11 is 0. The number of esters is 1. The van der Waals surface area contributed by atoms with E-state index in [1.807, 2.05) is 0 Å². The number of aryl methyl sites for hydroxylation is 1. The summed E-state index contributed by atoms with van der Waals surface area (Å²) in [5, 5.41) is 10.7. The predicted octanol–water partition coefficient (Wildman–Crippen LogP) is 1.47. The number of methoxy groups -OCH3 is 1. The topological polar surface area (TPSA) is 95.5 Å². The van der Waals surface area contributed by atoms with Crippen LogP contribution in [0.2, 0.25) is 0 Å². The minimum atomic E-state index is -0.596. The second kappa shape index (κ2) is 5.40. The Morgan fingerprint density at radius 2 is 2.24 bits per heavy atom. The summed E-state index contributed by atoms with van der Waals surface area (Å²) in [6, 6.07) is 4.09. The summed E-state index contributed by atoms with van der Waals surface area (Å²) in [7, 11) is 1.27. The number of nitro groups is 1. The van der Waals surface area contributed by atoms with Crippen LogP contribution in [0.15, 0.2) is 18.2 Å². The Kier molecular flexibility index (Phi) is 4.17. The second-order valence-electron chi connectivity index (χ2n) is 3.69. The quantitative estimate of drug-likeness (QED) is 0.486. The van der Waals surface area contributed by atoms with E-state index in [9.17, 15) is 14.9 Å². The van der Waals surface area contributed by atoms with Crippen molar-refractivity contribution < 1.29 is 14.5 Å². The number of nitrogens with two attached hydrogens (primary N) is 1. The fourth-order valence-electron chi connectivity index (χ4n) is 1.43. The van der Waals surface area contributed by atoms with Gasteiger partial charge in [0.25, 0.3) is 5.69 Å². The Morgan fingerprint density at radius 1 is 1.59 bits per heavy atom. The third-order valence-corrected chi connectivity index (χ3v) is 2.47. The van der Waals surface area contributed by atoms with Gasteiger partial charge in [0.05, 0.1) is 18.5 Å². The summed E-state index contributed by atoms with van der Waals surface area (Å²) in [5.74, 6) is -0.444. The molecule has 1 rings (SSSR count). The van der Waals surface area contributed by atoms with Crippen molar-refractivity contribution in [3.63, 3.8) is 0 Å². The molecule has 0 amide bonds. The maximum absolute atomic E-state index is 11.0. The average Bonchev–Trinajstić information content (AvgIpc) is 2.28. The number of ether oxygens (including phenoxy) is 1. The number of carbonyl (C=O) groups is 1. The van der Waals surface area contributed by atoms with Gasteiger partial charge in [0.15, 0.2) is 0 Å². The molecule has 0 saturated heterocycles. The number of benzene rings is 1. The van der Waals surface area contributed by atoms with Crippen molar-refractivity contribution in [2.75, 3.05) is 7.11 Å². The lowest BCUT2D eigenvalue weighted by atomic mass is 10.0. The molecule has 1 atom stereocenters. The molecule has 0 spiro atoms. The van der Waals surface area contributed by atoms with Crippen molar-refractivity contribution in [3.8, 4) is 0 Å². The third-order valence-electron chi connectivity index (χ3n) is 2.47. The summed E-state index contributed by atoms with van der Waals surface area (Å²) in [5.41, 5.74) is 6.88. The van der Waals surface area contributed by atoms with E-state index in [2.05, 4.69) is 4.74 Å². The summed E-state index contributed by atoms with van der Waals surface area (Å²) < 4.78 is 4.49. The van der Waals surface area contributed by atoms with E-state index in [0.717, 1.165) is 0 Å². The molecule has 2 N–H and O–H groups in total. The Hall–Kier alpha value is -1.95. The molecular weight excluding hydrogens is 224 g/mol. The highest BCUT2D eigenvalue weighted by atomic mass is 16.6. The van der Waals surface area contributed by atoms with E-state index in [4.69, 9.17) is 5.73 Å². The zero-order valence-corrected chi connectivity index (χ0v) is 9.67. The van der Waals surface area contributed by atoms with Crippen molar-refractivity contribution in [1.82, 2.24) is 0 Å². The first-order valence-corrected chi connectivity index (χ1v) is 5.03. The lowest BCUT2D eigenvalue weighted by molar-refractivity contribution is -0.385. The van der Waals surface area contributed by atoms with Gasteiger partial charge in [-0.3, -0.25) is 14.9 Å². The summed E-state index contributed by atoms with van der Waals surface area (Å²) in [4.78, 5) is 21.3. The van der Waals surface area contributed by atoms with Crippen LogP contribution >= 0.6 is 0 Å². The number of hydrogen-bond donors (Lipinski definition) is 1. The molecule has 0 radical (unpaired) electrons. The molecule has 0 aliphatic heterocycles. The molecule has 0 saturated carbocycles. The molecule has 6 nitrogen and oxygen atoms in total. The number of nitro benzene ring substituents is 1. The molecule has 92 valence electrons. The Balaban J connectivity index is 2.95. The normalized spacial score (nSPS) is 11.9. The van der Waals surface area contributed by atoms with Crippen molar-refractivity contribution in [3.05, 3.63) is 39.4 Å². The highest BCUT2D eigenvalue weighted by Crippen LogP contribution is 2.23. The molecule has 0 heterocycles. The molecule has 0 bridgehead atoms. The lowest BCUT2D eigenvalue weighted by Crippen LogP contribution is -2.16. The van der Waals surface area contributed by atoms with E-state index in [1.54, 1.807) is 19.1 Å². The fraction of sp³-hybridized carbons (Fsp3) is 0.364. The van der Waals surface area contributed by atoms with Gasteiger partial charge in [0.2, 0.25) is 0 Å². The SMILES string of the molecule is COC(=O)C[C@H](N)c1ccc(C)c([N+](=O)[O-])c1. The smallest absolute Gasteiger partial charge is 0.307 e. The standard InChI is InChI=1S/C11H14N2O4/c1-7-3-4-8(5-10(7)13(15)16)9(12)6-11(14)17-2/h3-5,9H,6,12H2,1-2H3/t9-/m0/s1. The van der Waals surface area contributed by atoms with Gasteiger partial charge in [-0.05, 0) is 12.5 Å². The molecule has 0 fully saturated rings. The molecule has 1 aromatic rings. The maximum Gasteiger partial charge on any atom is 0.307 e. The molecule has 1 aromatic carbocycles. The van der Waals surface area contributed by atoms with Crippen LogP contribution < -0.4 is 5.73 Å². The monoisotopic (exact) mass is 238 g/mol. The van der Waals surface area contributed by atoms with E-state index in [0.29, 0.717) is 11.1 Å². The highest BCUT2D eigenvalue weighted by molar-refractivity contribution is 5.70. The van der Waals surface area contributed by atoms with Crippen molar-refractivity contribution in [2.45, 2.75) is 19.4 Å². The van der Waals surface area contributed by atoms with Crippen LogP contribution in [-0.4, -0.2) is 18.0 Å². The number of carbonyl (C=O) groups excluding carboxylic acids is 1. The van der Waals surface area contributed by atoms with Crippen LogP contribution in [0.3, 0.4) is 0 Å². The van der Waals surface area contributed by atoms with Gasteiger partial charge in [0, 0.05) is 17.7 Å². The largest absolute Gasteiger partial charge is 0.469 e. The first-order chi connectivity index (χ1) is 7.95. The molecule has 0 unspecified atom stereocenters. The number of rotatable bonds is 4. The van der Waals surface area contributed by atoms with Crippen LogP contribution in [-0.2, 0) is 9.53 Å². The minimum absolute atomic E-state index is 0.00261. The Morgan fingerprint density at radius 3 is 2.76 bits per heavy atom. The van der Waals surface area contributed by atoms with Crippen LogP contribution in [0.4, 0.5) is 5.69 Å². The van der Waals surface area contributed by atoms with Crippen LogP contribution in [0.25, 0.3) is 0 Å². The molecule has 17 heavy (non-hydrogen) atoms. The Labute approximate surface area is 98.5 Å². The molecule has 0 aromatic heterocycles. The lowest BCUT2D eigenvalue weighted by Gasteiger charge is -2.10. The summed E-state index contributed by atoms with van der Waals surface area (Å²) in [6.45, 7) is 1.65.